The highest BCUT2D eigenvalue weighted by molar-refractivity contribution is 8.29. The second-order valence-corrected chi connectivity index (χ2v) is 25.7. The minimum Gasteiger partial charge on any atom is -0.386 e. The van der Waals surface area contributed by atoms with Gasteiger partial charge in [0.2, 0.25) is 0 Å². The third-order valence-electron chi connectivity index (χ3n) is 4.15. The molecule has 1 unspecified atom stereocenters. The summed E-state index contributed by atoms with van der Waals surface area (Å²) >= 11 is 20.8. The molecule has 0 amide bonds. The van der Waals surface area contributed by atoms with E-state index >= 15 is 0 Å². The molecule has 1 atom stereocenters. The molecule has 0 radical (unpaired) electrons. The van der Waals surface area contributed by atoms with E-state index in [4.69, 9.17) is 10.2 Å². The maximum Gasteiger partial charge on any atom is 0.190 e. The monoisotopic (exact) mass is 862 g/mol. The van der Waals surface area contributed by atoms with Gasteiger partial charge in [0.05, 0.1) is 17.0 Å². The average molecular weight is 864 g/mol. The fraction of sp³-hybridized carbons (Fsp3) is 0.870. The van der Waals surface area contributed by atoms with E-state index in [1.165, 1.54) is 58.8 Å². The van der Waals surface area contributed by atoms with Gasteiger partial charge in [0.15, 0.2) is 15.3 Å². The average Bonchev–Trinajstić information content (AvgIpc) is 2.99. The highest BCUT2D eigenvalue weighted by Crippen LogP contribution is 2.24. The minimum atomic E-state index is -0.812. The Labute approximate surface area is 316 Å². The van der Waals surface area contributed by atoms with Crippen molar-refractivity contribution >= 4 is 179 Å². The molecule has 0 heterocycles. The van der Waals surface area contributed by atoms with Gasteiger partial charge in [-0.2, -0.15) is 47.0 Å². The fourth-order valence-corrected chi connectivity index (χ4v) is 17.5. The molecule has 20 heteroatoms. The molecule has 0 fully saturated rings. The summed E-state index contributed by atoms with van der Waals surface area (Å²) in [6.45, 7) is 0. The lowest BCUT2D eigenvalue weighted by molar-refractivity contribution is -0.111. The Morgan fingerprint density at radius 3 is 1.26 bits per heavy atom. The summed E-state index contributed by atoms with van der Waals surface area (Å²) in [4.78, 5) is 35.6. The van der Waals surface area contributed by atoms with Crippen LogP contribution < -0.4 is 0 Å². The van der Waals surface area contributed by atoms with Crippen molar-refractivity contribution in [1.82, 2.24) is 0 Å². The van der Waals surface area contributed by atoms with Crippen LogP contribution in [0.2, 0.25) is 0 Å². The van der Waals surface area contributed by atoms with Crippen molar-refractivity contribution in [2.24, 2.45) is 0 Å². The number of aliphatic hydroxyl groups is 2. The van der Waals surface area contributed by atoms with Crippen LogP contribution in [0, 0.1) is 0 Å². The van der Waals surface area contributed by atoms with Gasteiger partial charge >= 0.3 is 0 Å². The van der Waals surface area contributed by atoms with Crippen LogP contribution in [0.1, 0.15) is 25.7 Å². The Balaban J connectivity index is 3.38. The fourth-order valence-electron chi connectivity index (χ4n) is 2.22. The van der Waals surface area contributed by atoms with Crippen LogP contribution >= 0.6 is 153 Å². The van der Waals surface area contributed by atoms with Crippen LogP contribution in [0.15, 0.2) is 0 Å². The van der Waals surface area contributed by atoms with E-state index in [-0.39, 0.29) is 27.2 Å². The highest BCUT2D eigenvalue weighted by Gasteiger charge is 2.07. The van der Waals surface area contributed by atoms with Gasteiger partial charge in [-0.25, -0.2) is 0 Å². The van der Waals surface area contributed by atoms with Crippen molar-refractivity contribution in [2.45, 2.75) is 25.7 Å². The van der Waals surface area contributed by atoms with Gasteiger partial charge in [-0.1, -0.05) is 35.3 Å². The maximum absolute atomic E-state index is 12.2. The zero-order valence-electron chi connectivity index (χ0n) is 23.9. The largest absolute Gasteiger partial charge is 0.386 e. The van der Waals surface area contributed by atoms with Crippen LogP contribution in [0.3, 0.4) is 0 Å². The number of rotatable bonds is 33. The van der Waals surface area contributed by atoms with Crippen LogP contribution in [0.5, 0.6) is 0 Å². The number of carbonyl (C=O) groups is 3. The first kappa shape index (κ1) is 46.6. The molecule has 43 heavy (non-hydrogen) atoms. The summed E-state index contributed by atoms with van der Waals surface area (Å²) in [6, 6.07) is 0. The summed E-state index contributed by atoms with van der Waals surface area (Å²) < 4.78 is 12.2. The zero-order valence-corrected chi connectivity index (χ0v) is 35.3. The Morgan fingerprint density at radius 1 is 0.465 bits per heavy atom. The number of aliphatic hydroxyl groups excluding tert-OH is 2. The molecular formula is C23H42O6S14. The molecule has 0 aromatic heterocycles. The van der Waals surface area contributed by atoms with E-state index in [2.05, 4.69) is 0 Å². The van der Waals surface area contributed by atoms with Crippen molar-refractivity contribution in [3.8, 4) is 0 Å². The smallest absolute Gasteiger partial charge is 0.190 e. The van der Waals surface area contributed by atoms with Gasteiger partial charge in [0.25, 0.3) is 0 Å². The van der Waals surface area contributed by atoms with E-state index in [1.54, 1.807) is 82.3 Å². The van der Waals surface area contributed by atoms with Crippen molar-refractivity contribution < 1.29 is 28.8 Å². The molecule has 6 nitrogen and oxygen atoms in total. The predicted octanol–water partition coefficient (Wildman–Crippen LogP) is 7.92. The lowest BCUT2D eigenvalue weighted by atomic mass is 10.5. The molecule has 0 aliphatic carbocycles. The second kappa shape index (κ2) is 38.4. The summed E-state index contributed by atoms with van der Waals surface area (Å²) in [6.07, 6.45) is 2.65. The van der Waals surface area contributed by atoms with E-state index < -0.39 is 10.8 Å². The molecule has 254 valence electrons. The van der Waals surface area contributed by atoms with Crippen molar-refractivity contribution in [3.63, 3.8) is 0 Å². The van der Waals surface area contributed by atoms with Gasteiger partial charge in [0.1, 0.15) is 0 Å². The van der Waals surface area contributed by atoms with Crippen LogP contribution in [-0.2, 0) is 25.2 Å². The lowest BCUT2D eigenvalue weighted by Gasteiger charge is -2.04. The second-order valence-electron chi connectivity index (χ2n) is 7.47. The Kier molecular flexibility index (Phi) is 41.7. The molecule has 0 rings (SSSR count). The molecule has 0 saturated heterocycles. The summed E-state index contributed by atoms with van der Waals surface area (Å²) in [7, 11) is -0.812. The third-order valence-corrected chi connectivity index (χ3v) is 20.7. The van der Waals surface area contributed by atoms with E-state index in [1.807, 2.05) is 11.8 Å². The normalized spacial score (nSPS) is 12.0. The summed E-state index contributed by atoms with van der Waals surface area (Å²) in [5.41, 5.74) is 0. The first-order valence-electron chi connectivity index (χ1n) is 12.8. The first-order valence-corrected chi connectivity index (χ1v) is 28.8. The molecule has 0 spiro atoms. The summed E-state index contributed by atoms with van der Waals surface area (Å²) in [5.74, 6) is 4.42. The number of hydrogen-bond donors (Lipinski definition) is 2. The number of thioether (sulfide) groups is 13. The standard InChI is InChI=1S/C23H42O6S14/c24-10-34-14-36-17-40-21(26)2-6-31-12-30-5-1-9-43(29)20-39-16-38-19-42-23(28)4-8-33-13-32-7-3-22(27)41-18-37-15-35-11-25/h24-25H,1-20H2. The van der Waals surface area contributed by atoms with Gasteiger partial charge in [0, 0.05) is 93.8 Å². The molecule has 0 aliphatic heterocycles. The minimum absolute atomic E-state index is 0.121. The molecular weight excluding hydrogens is 821 g/mol. The van der Waals surface area contributed by atoms with Gasteiger partial charge in [-0.05, 0) is 12.2 Å². The molecule has 0 aromatic rings. The third kappa shape index (κ3) is 38.3. The van der Waals surface area contributed by atoms with E-state index in [0.717, 1.165) is 75.9 Å². The quantitative estimate of drug-likeness (QED) is 0.0492. The zero-order chi connectivity index (χ0) is 31.6. The van der Waals surface area contributed by atoms with Crippen molar-refractivity contribution in [1.29, 1.82) is 0 Å². The maximum atomic E-state index is 12.2. The lowest BCUT2D eigenvalue weighted by Crippen LogP contribution is -2.01. The molecule has 2 N–H and O–H groups in total. The Hall–Kier alpha value is 3.63. The molecule has 0 aromatic carbocycles. The number of carbonyl (C=O) groups excluding carboxylic acids is 3. The van der Waals surface area contributed by atoms with Crippen LogP contribution in [-0.4, -0.2) is 116 Å². The number of hydrogen-bond acceptors (Lipinski definition) is 19. The Bertz CT molecular complexity index is 709. The predicted molar refractivity (Wildman–Crippen MR) is 223 cm³/mol. The van der Waals surface area contributed by atoms with Gasteiger partial charge in [-0.15, -0.1) is 70.6 Å². The molecule has 0 aliphatic rings. The SMILES string of the molecule is O=C(CCSCSCCCS(=O)CSCSCSC(=O)CCSCSCCC(=O)SCSCSCO)SCSCSCO. The molecule has 0 bridgehead atoms. The van der Waals surface area contributed by atoms with Crippen molar-refractivity contribution in [2.75, 3.05) is 86.4 Å². The highest BCUT2D eigenvalue weighted by atomic mass is 32.3. The van der Waals surface area contributed by atoms with Gasteiger partial charge < -0.3 is 10.2 Å². The van der Waals surface area contributed by atoms with Crippen LogP contribution in [0.25, 0.3) is 0 Å². The topological polar surface area (TPSA) is 109 Å². The first-order chi connectivity index (χ1) is 21.0. The summed E-state index contributed by atoms with van der Waals surface area (Å²) in [5, 5.41) is 25.2. The van der Waals surface area contributed by atoms with Crippen LogP contribution in [0.4, 0.5) is 0 Å². The van der Waals surface area contributed by atoms with Gasteiger partial charge in [-0.3, -0.25) is 18.6 Å². The Morgan fingerprint density at radius 2 is 0.837 bits per heavy atom. The molecule has 0 saturated carbocycles. The van der Waals surface area contributed by atoms with E-state index in [0.29, 0.717) is 24.3 Å². The van der Waals surface area contributed by atoms with E-state index in [9.17, 15) is 18.6 Å². The van der Waals surface area contributed by atoms with Crippen molar-refractivity contribution in [3.05, 3.63) is 0 Å².